The molecule has 0 N–H and O–H groups in total. The fourth-order valence-electron chi connectivity index (χ4n) is 1.27. The number of nitrogens with zero attached hydrogens (tertiary/aromatic N) is 1. The van der Waals surface area contributed by atoms with Crippen molar-refractivity contribution in [1.82, 2.24) is 0 Å². The first-order valence-corrected chi connectivity index (χ1v) is 5.97. The van der Waals surface area contributed by atoms with Gasteiger partial charge >= 0.3 is 0 Å². The predicted molar refractivity (Wildman–Crippen MR) is 64.1 cm³/mol. The van der Waals surface area contributed by atoms with Crippen LogP contribution >= 0.6 is 11.8 Å². The maximum Gasteiger partial charge on any atom is 0.281 e. The van der Waals surface area contributed by atoms with E-state index in [0.29, 0.717) is 0 Å². The standard InChI is InChI=1S/C11H13NO3S/c1-3-6-16-9-4-5-10(8(2)13)11(7-9)12(14)15/h4-5,7H,3,6H2,1-2H3. The van der Waals surface area contributed by atoms with E-state index in [2.05, 4.69) is 0 Å². The molecule has 0 fully saturated rings. The Hall–Kier alpha value is -1.36. The van der Waals surface area contributed by atoms with Crippen LogP contribution in [0, 0.1) is 10.1 Å². The van der Waals surface area contributed by atoms with Crippen LogP contribution in [0.4, 0.5) is 5.69 Å². The zero-order chi connectivity index (χ0) is 12.1. The van der Waals surface area contributed by atoms with Crippen LogP contribution in [0.15, 0.2) is 23.1 Å². The summed E-state index contributed by atoms with van der Waals surface area (Å²) in [4.78, 5) is 22.3. The second-order valence-corrected chi connectivity index (χ2v) is 4.51. The van der Waals surface area contributed by atoms with Crippen molar-refractivity contribution in [3.8, 4) is 0 Å². The first kappa shape index (κ1) is 12.7. The number of benzene rings is 1. The minimum absolute atomic E-state index is 0.103. The van der Waals surface area contributed by atoms with Gasteiger partial charge in [0.15, 0.2) is 5.78 Å². The van der Waals surface area contributed by atoms with Crippen molar-refractivity contribution >= 4 is 23.2 Å². The summed E-state index contributed by atoms with van der Waals surface area (Å²) in [5, 5.41) is 10.8. The monoisotopic (exact) mass is 239 g/mol. The van der Waals surface area contributed by atoms with Gasteiger partial charge in [0, 0.05) is 11.0 Å². The summed E-state index contributed by atoms with van der Waals surface area (Å²) in [6.07, 6.45) is 1.01. The minimum Gasteiger partial charge on any atom is -0.294 e. The van der Waals surface area contributed by atoms with E-state index < -0.39 is 4.92 Å². The van der Waals surface area contributed by atoms with Gasteiger partial charge in [0.25, 0.3) is 5.69 Å². The summed E-state index contributed by atoms with van der Waals surface area (Å²) in [6.45, 7) is 3.38. The van der Waals surface area contributed by atoms with Gasteiger partial charge in [-0.1, -0.05) is 6.92 Å². The summed E-state index contributed by atoms with van der Waals surface area (Å²) in [5.41, 5.74) is 0.0689. The molecule has 1 rings (SSSR count). The zero-order valence-corrected chi connectivity index (χ0v) is 10.0. The SMILES string of the molecule is CCCSc1ccc(C(C)=O)c([N+](=O)[O-])c1. The van der Waals surface area contributed by atoms with E-state index in [1.807, 2.05) is 6.92 Å². The number of hydrogen-bond acceptors (Lipinski definition) is 4. The van der Waals surface area contributed by atoms with Crippen molar-refractivity contribution in [2.45, 2.75) is 25.2 Å². The van der Waals surface area contributed by atoms with E-state index in [0.717, 1.165) is 17.1 Å². The van der Waals surface area contributed by atoms with Crippen molar-refractivity contribution in [3.05, 3.63) is 33.9 Å². The van der Waals surface area contributed by atoms with Crippen LogP contribution < -0.4 is 0 Å². The maximum absolute atomic E-state index is 11.2. The third-order valence-corrected chi connectivity index (χ3v) is 3.22. The topological polar surface area (TPSA) is 60.2 Å². The lowest BCUT2D eigenvalue weighted by Crippen LogP contribution is -2.00. The number of carbonyl (C=O) groups is 1. The first-order valence-electron chi connectivity index (χ1n) is 4.98. The number of ketones is 1. The molecule has 0 spiro atoms. The molecule has 0 saturated heterocycles. The molecule has 0 aliphatic rings. The van der Waals surface area contributed by atoms with Gasteiger partial charge in [-0.25, -0.2) is 0 Å². The zero-order valence-electron chi connectivity index (χ0n) is 9.23. The van der Waals surface area contributed by atoms with Crippen molar-refractivity contribution in [2.24, 2.45) is 0 Å². The third kappa shape index (κ3) is 3.06. The minimum atomic E-state index is -0.507. The van der Waals surface area contributed by atoms with Gasteiger partial charge in [-0.05, 0) is 31.2 Å². The lowest BCUT2D eigenvalue weighted by Gasteiger charge is -2.02. The Morgan fingerprint density at radius 1 is 1.50 bits per heavy atom. The normalized spacial score (nSPS) is 10.1. The Labute approximate surface area is 98.2 Å². The van der Waals surface area contributed by atoms with Crippen molar-refractivity contribution in [1.29, 1.82) is 0 Å². The van der Waals surface area contributed by atoms with Crippen LogP contribution in [0.5, 0.6) is 0 Å². The number of nitro groups is 1. The summed E-state index contributed by atoms with van der Waals surface area (Å²) in [5.74, 6) is 0.634. The fraction of sp³-hybridized carbons (Fsp3) is 0.364. The maximum atomic E-state index is 11.2. The number of hydrogen-bond donors (Lipinski definition) is 0. The molecule has 0 radical (unpaired) electrons. The molecule has 5 heteroatoms. The summed E-state index contributed by atoms with van der Waals surface area (Å²) in [6, 6.07) is 4.75. The average molecular weight is 239 g/mol. The highest BCUT2D eigenvalue weighted by molar-refractivity contribution is 7.99. The lowest BCUT2D eigenvalue weighted by atomic mass is 10.1. The predicted octanol–water partition coefficient (Wildman–Crippen LogP) is 3.30. The van der Waals surface area contributed by atoms with E-state index >= 15 is 0 Å². The number of Topliss-reactive ketones (excluding diaryl/α,β-unsaturated/α-hetero) is 1. The van der Waals surface area contributed by atoms with E-state index in [-0.39, 0.29) is 17.0 Å². The molecular formula is C11H13NO3S. The molecule has 1 aromatic rings. The molecule has 0 aromatic heterocycles. The van der Waals surface area contributed by atoms with Crippen molar-refractivity contribution in [2.75, 3.05) is 5.75 Å². The summed E-state index contributed by atoms with van der Waals surface area (Å²) in [7, 11) is 0. The molecule has 0 bridgehead atoms. The summed E-state index contributed by atoms with van der Waals surface area (Å²) < 4.78 is 0. The highest BCUT2D eigenvalue weighted by Gasteiger charge is 2.17. The average Bonchev–Trinajstić information content (AvgIpc) is 2.25. The third-order valence-electron chi connectivity index (χ3n) is 2.02. The molecule has 0 aliphatic heterocycles. The van der Waals surface area contributed by atoms with Crippen LogP contribution in [0.25, 0.3) is 0 Å². The molecule has 0 unspecified atom stereocenters. The van der Waals surface area contributed by atoms with Crippen LogP contribution in [0.2, 0.25) is 0 Å². The van der Waals surface area contributed by atoms with Crippen molar-refractivity contribution in [3.63, 3.8) is 0 Å². The number of thioether (sulfide) groups is 1. The fourth-order valence-corrected chi connectivity index (χ4v) is 2.07. The first-order chi connectivity index (χ1) is 7.56. The molecular weight excluding hydrogens is 226 g/mol. The van der Waals surface area contributed by atoms with Gasteiger partial charge in [-0.15, -0.1) is 11.8 Å². The Kier molecular flexibility index (Phi) is 4.49. The van der Waals surface area contributed by atoms with Crippen LogP contribution in [-0.2, 0) is 0 Å². The second kappa shape index (κ2) is 5.65. The Morgan fingerprint density at radius 3 is 2.69 bits per heavy atom. The Balaban J connectivity index is 3.07. The van der Waals surface area contributed by atoms with E-state index in [4.69, 9.17) is 0 Å². The second-order valence-electron chi connectivity index (χ2n) is 3.34. The molecule has 4 nitrogen and oxygen atoms in total. The van der Waals surface area contributed by atoms with Crippen LogP contribution in [0.3, 0.4) is 0 Å². The van der Waals surface area contributed by atoms with Crippen LogP contribution in [-0.4, -0.2) is 16.5 Å². The molecule has 0 heterocycles. The Bertz CT molecular complexity index is 418. The molecule has 0 aliphatic carbocycles. The molecule has 0 amide bonds. The van der Waals surface area contributed by atoms with Gasteiger partial charge in [-0.2, -0.15) is 0 Å². The number of nitro benzene ring substituents is 1. The van der Waals surface area contributed by atoms with Crippen LogP contribution in [0.1, 0.15) is 30.6 Å². The number of rotatable bonds is 5. The molecule has 0 saturated carbocycles. The quantitative estimate of drug-likeness (QED) is 0.342. The molecule has 16 heavy (non-hydrogen) atoms. The van der Waals surface area contributed by atoms with E-state index in [9.17, 15) is 14.9 Å². The van der Waals surface area contributed by atoms with Crippen molar-refractivity contribution < 1.29 is 9.72 Å². The molecule has 1 aromatic carbocycles. The lowest BCUT2D eigenvalue weighted by molar-refractivity contribution is -0.385. The Morgan fingerprint density at radius 2 is 2.19 bits per heavy atom. The van der Waals surface area contributed by atoms with Gasteiger partial charge in [-0.3, -0.25) is 14.9 Å². The number of carbonyl (C=O) groups excluding carboxylic acids is 1. The molecule has 0 atom stereocenters. The summed E-state index contributed by atoms with van der Waals surface area (Å²) >= 11 is 1.56. The van der Waals surface area contributed by atoms with Gasteiger partial charge in [0.2, 0.25) is 0 Å². The van der Waals surface area contributed by atoms with Gasteiger partial charge in [0.1, 0.15) is 0 Å². The van der Waals surface area contributed by atoms with Gasteiger partial charge in [0.05, 0.1) is 10.5 Å². The van der Waals surface area contributed by atoms with Gasteiger partial charge < -0.3 is 0 Å². The van der Waals surface area contributed by atoms with E-state index in [1.165, 1.54) is 19.1 Å². The highest BCUT2D eigenvalue weighted by atomic mass is 32.2. The smallest absolute Gasteiger partial charge is 0.281 e. The molecule has 86 valence electrons. The highest BCUT2D eigenvalue weighted by Crippen LogP contribution is 2.27. The largest absolute Gasteiger partial charge is 0.294 e. The van der Waals surface area contributed by atoms with E-state index in [1.54, 1.807) is 17.8 Å².